The molecule has 3 aromatic heterocycles. The minimum Gasteiger partial charge on any atom is -0.480 e. The highest BCUT2D eigenvalue weighted by Crippen LogP contribution is 2.21. The van der Waals surface area contributed by atoms with Crippen LogP contribution in [-0.4, -0.2) is 30.8 Å². The van der Waals surface area contributed by atoms with Crippen LogP contribution in [0.3, 0.4) is 0 Å². The Kier molecular flexibility index (Phi) is 3.00. The Balaban J connectivity index is 1.95. The zero-order chi connectivity index (χ0) is 13.9. The van der Waals surface area contributed by atoms with Crippen LogP contribution in [0.4, 0.5) is 0 Å². The average molecular weight is 270 g/mol. The predicted octanol–water partition coefficient (Wildman–Crippen LogP) is 1.68. The third-order valence-electron chi connectivity index (χ3n) is 2.67. The first-order valence-electron chi connectivity index (χ1n) is 5.86. The van der Waals surface area contributed by atoms with Crippen LogP contribution >= 0.6 is 0 Å². The summed E-state index contributed by atoms with van der Waals surface area (Å²) in [6.45, 7) is -0.163. The van der Waals surface area contributed by atoms with Crippen molar-refractivity contribution in [1.82, 2.24) is 19.7 Å². The van der Waals surface area contributed by atoms with Crippen molar-refractivity contribution in [2.24, 2.45) is 0 Å². The first kappa shape index (κ1) is 12.1. The van der Waals surface area contributed by atoms with Crippen molar-refractivity contribution in [2.75, 3.05) is 0 Å². The Morgan fingerprint density at radius 1 is 1.30 bits per heavy atom. The van der Waals surface area contributed by atoms with E-state index in [2.05, 4.69) is 15.1 Å². The van der Waals surface area contributed by atoms with E-state index in [1.165, 1.54) is 4.57 Å². The molecule has 0 fully saturated rings. The second-order valence-corrected chi connectivity index (χ2v) is 4.05. The molecule has 3 heterocycles. The quantitative estimate of drug-likeness (QED) is 0.775. The van der Waals surface area contributed by atoms with Gasteiger partial charge in [-0.15, -0.1) is 0 Å². The van der Waals surface area contributed by atoms with Crippen LogP contribution < -0.4 is 0 Å². The molecule has 20 heavy (non-hydrogen) atoms. The maximum Gasteiger partial charge on any atom is 0.323 e. The Hall–Kier alpha value is -2.96. The van der Waals surface area contributed by atoms with Gasteiger partial charge < -0.3 is 14.2 Å². The van der Waals surface area contributed by atoms with Gasteiger partial charge in [0.25, 0.3) is 5.89 Å². The van der Waals surface area contributed by atoms with Gasteiger partial charge in [-0.3, -0.25) is 9.78 Å². The molecule has 100 valence electrons. The fourth-order valence-corrected chi connectivity index (χ4v) is 1.82. The monoisotopic (exact) mass is 270 g/mol. The summed E-state index contributed by atoms with van der Waals surface area (Å²) in [6.07, 6.45) is 3.28. The number of carboxylic acid groups (broad SMARTS) is 1. The van der Waals surface area contributed by atoms with Gasteiger partial charge in [0.2, 0.25) is 5.82 Å². The first-order chi connectivity index (χ1) is 9.74. The third kappa shape index (κ3) is 2.28. The van der Waals surface area contributed by atoms with Crippen molar-refractivity contribution in [1.29, 1.82) is 0 Å². The minimum absolute atomic E-state index is 0.163. The number of aliphatic carboxylic acids is 1. The summed E-state index contributed by atoms with van der Waals surface area (Å²) in [5.74, 6) is -0.313. The fraction of sp³-hybridized carbons (Fsp3) is 0.0769. The normalized spacial score (nSPS) is 10.6. The Labute approximate surface area is 113 Å². The zero-order valence-corrected chi connectivity index (χ0v) is 10.3. The number of pyridine rings is 1. The maximum absolute atomic E-state index is 10.8. The lowest BCUT2D eigenvalue weighted by Gasteiger charge is -2.01. The molecule has 0 aliphatic rings. The van der Waals surface area contributed by atoms with Crippen LogP contribution in [0.5, 0.6) is 0 Å². The summed E-state index contributed by atoms with van der Waals surface area (Å²) in [5, 5.41) is 12.7. The van der Waals surface area contributed by atoms with Gasteiger partial charge >= 0.3 is 5.97 Å². The van der Waals surface area contributed by atoms with E-state index in [0.717, 1.165) is 0 Å². The molecule has 0 amide bonds. The zero-order valence-electron chi connectivity index (χ0n) is 10.3. The van der Waals surface area contributed by atoms with Crippen LogP contribution in [0, 0.1) is 0 Å². The number of carboxylic acids is 1. The van der Waals surface area contributed by atoms with Gasteiger partial charge in [-0.25, -0.2) is 0 Å². The third-order valence-corrected chi connectivity index (χ3v) is 2.67. The number of hydrogen-bond acceptors (Lipinski definition) is 5. The van der Waals surface area contributed by atoms with E-state index in [4.69, 9.17) is 9.63 Å². The second-order valence-electron chi connectivity index (χ2n) is 4.05. The first-order valence-corrected chi connectivity index (χ1v) is 5.86. The largest absolute Gasteiger partial charge is 0.480 e. The standard InChI is InChI=1S/C13H10N4O3/c18-11(19)8-17-7-3-5-10(17)13-15-12(16-20-13)9-4-1-2-6-14-9/h1-7H,8H2,(H,18,19). The molecular formula is C13H10N4O3. The fourth-order valence-electron chi connectivity index (χ4n) is 1.82. The summed E-state index contributed by atoms with van der Waals surface area (Å²) in [6, 6.07) is 8.83. The number of nitrogens with zero attached hydrogens (tertiary/aromatic N) is 4. The SMILES string of the molecule is O=C(O)Cn1cccc1-c1nc(-c2ccccn2)no1. The lowest BCUT2D eigenvalue weighted by atomic mass is 10.3. The van der Waals surface area contributed by atoms with Crippen molar-refractivity contribution < 1.29 is 14.4 Å². The highest BCUT2D eigenvalue weighted by Gasteiger charge is 2.15. The molecule has 0 atom stereocenters. The summed E-state index contributed by atoms with van der Waals surface area (Å²) in [7, 11) is 0. The van der Waals surface area contributed by atoms with Crippen LogP contribution in [0.2, 0.25) is 0 Å². The molecule has 3 rings (SSSR count). The van der Waals surface area contributed by atoms with Crippen LogP contribution in [0.25, 0.3) is 23.1 Å². The Morgan fingerprint density at radius 2 is 2.20 bits per heavy atom. The predicted molar refractivity (Wildman–Crippen MR) is 68.6 cm³/mol. The molecule has 1 N–H and O–H groups in total. The molecule has 3 aromatic rings. The minimum atomic E-state index is -0.938. The molecule has 0 unspecified atom stereocenters. The van der Waals surface area contributed by atoms with Gasteiger partial charge in [0.05, 0.1) is 0 Å². The molecule has 7 nitrogen and oxygen atoms in total. The van der Waals surface area contributed by atoms with E-state index in [1.54, 1.807) is 36.7 Å². The summed E-state index contributed by atoms with van der Waals surface area (Å²) in [4.78, 5) is 19.1. The van der Waals surface area contributed by atoms with Crippen molar-refractivity contribution in [3.63, 3.8) is 0 Å². The number of hydrogen-bond donors (Lipinski definition) is 1. The number of rotatable bonds is 4. The van der Waals surface area contributed by atoms with Gasteiger partial charge in [-0.1, -0.05) is 11.2 Å². The van der Waals surface area contributed by atoms with Gasteiger partial charge in [-0.05, 0) is 24.3 Å². The van der Waals surface area contributed by atoms with Gasteiger partial charge in [0.1, 0.15) is 17.9 Å². The van der Waals surface area contributed by atoms with Crippen molar-refractivity contribution in [3.05, 3.63) is 42.7 Å². The van der Waals surface area contributed by atoms with Crippen LogP contribution in [0.15, 0.2) is 47.2 Å². The summed E-state index contributed by atoms with van der Waals surface area (Å²) >= 11 is 0. The van der Waals surface area contributed by atoms with Crippen LogP contribution in [-0.2, 0) is 11.3 Å². The maximum atomic E-state index is 10.8. The second kappa shape index (κ2) is 4.96. The lowest BCUT2D eigenvalue weighted by molar-refractivity contribution is -0.137. The van der Waals surface area contributed by atoms with Crippen molar-refractivity contribution >= 4 is 5.97 Å². The molecule has 0 bridgehead atoms. The van der Waals surface area contributed by atoms with Gasteiger partial charge in [-0.2, -0.15) is 4.98 Å². The van der Waals surface area contributed by atoms with Gasteiger partial charge in [0.15, 0.2) is 0 Å². The molecule has 0 saturated carbocycles. The average Bonchev–Trinajstić information content (AvgIpc) is 3.07. The lowest BCUT2D eigenvalue weighted by Crippen LogP contribution is -2.08. The topological polar surface area (TPSA) is 94.0 Å². The van der Waals surface area contributed by atoms with Crippen molar-refractivity contribution in [3.8, 4) is 23.1 Å². The summed E-state index contributed by atoms with van der Waals surface area (Å²) < 4.78 is 6.70. The molecular weight excluding hydrogens is 260 g/mol. The molecule has 0 radical (unpaired) electrons. The van der Waals surface area contributed by atoms with E-state index in [9.17, 15) is 4.79 Å². The highest BCUT2D eigenvalue weighted by atomic mass is 16.5. The molecule has 0 saturated heterocycles. The molecule has 0 aliphatic heterocycles. The number of carbonyl (C=O) groups is 1. The molecule has 0 aliphatic carbocycles. The summed E-state index contributed by atoms with van der Waals surface area (Å²) in [5.41, 5.74) is 1.15. The Morgan fingerprint density at radius 3 is 2.95 bits per heavy atom. The van der Waals surface area contributed by atoms with Crippen molar-refractivity contribution in [2.45, 2.75) is 6.54 Å². The van der Waals surface area contributed by atoms with Gasteiger partial charge in [0, 0.05) is 12.4 Å². The van der Waals surface area contributed by atoms with Crippen LogP contribution in [0.1, 0.15) is 0 Å². The van der Waals surface area contributed by atoms with E-state index in [0.29, 0.717) is 17.2 Å². The van der Waals surface area contributed by atoms with E-state index < -0.39 is 5.97 Å². The number of aromatic nitrogens is 4. The smallest absolute Gasteiger partial charge is 0.323 e. The molecule has 7 heteroatoms. The van der Waals surface area contributed by atoms with E-state index in [1.807, 2.05) is 6.07 Å². The molecule has 0 spiro atoms. The highest BCUT2D eigenvalue weighted by molar-refractivity contribution is 5.68. The molecule has 0 aromatic carbocycles. The van der Waals surface area contributed by atoms with E-state index >= 15 is 0 Å². The Bertz CT molecular complexity index is 733. The van der Waals surface area contributed by atoms with E-state index in [-0.39, 0.29) is 12.4 Å².